The first-order chi connectivity index (χ1) is 9.11. The van der Waals surface area contributed by atoms with Gasteiger partial charge in [-0.25, -0.2) is 0 Å². The van der Waals surface area contributed by atoms with Gasteiger partial charge >= 0.3 is 0 Å². The maximum Gasteiger partial charge on any atom is 0.287 e. The standard InChI is InChI=1S/C12H16N4O2S/c1-3-8-4-5-9(18-8)11(17)13-7-6-10-14-15-12(19)16(10)2/h4-5H,3,6-7H2,1-2H3,(H,13,17)(H,15,19). The van der Waals surface area contributed by atoms with Crippen molar-refractivity contribution in [3.8, 4) is 0 Å². The van der Waals surface area contributed by atoms with E-state index in [2.05, 4.69) is 15.5 Å². The van der Waals surface area contributed by atoms with Gasteiger partial charge in [-0.1, -0.05) is 6.92 Å². The molecule has 102 valence electrons. The summed E-state index contributed by atoms with van der Waals surface area (Å²) < 4.78 is 7.72. The van der Waals surface area contributed by atoms with Gasteiger partial charge in [0.05, 0.1) is 0 Å². The lowest BCUT2D eigenvalue weighted by Gasteiger charge is -2.02. The lowest BCUT2D eigenvalue weighted by atomic mass is 10.3. The van der Waals surface area contributed by atoms with Crippen LogP contribution in [0.5, 0.6) is 0 Å². The van der Waals surface area contributed by atoms with Crippen LogP contribution in [0.15, 0.2) is 16.5 Å². The number of carbonyl (C=O) groups is 1. The molecule has 0 radical (unpaired) electrons. The monoisotopic (exact) mass is 280 g/mol. The fourth-order valence-electron chi connectivity index (χ4n) is 1.67. The quantitative estimate of drug-likeness (QED) is 0.816. The highest BCUT2D eigenvalue weighted by molar-refractivity contribution is 7.71. The van der Waals surface area contributed by atoms with Crippen molar-refractivity contribution >= 4 is 18.1 Å². The summed E-state index contributed by atoms with van der Waals surface area (Å²) in [7, 11) is 1.84. The molecule has 0 saturated heterocycles. The molecular weight excluding hydrogens is 264 g/mol. The molecule has 2 aromatic rings. The summed E-state index contributed by atoms with van der Waals surface area (Å²) in [4.78, 5) is 11.8. The minimum atomic E-state index is -0.212. The molecule has 0 atom stereocenters. The zero-order valence-electron chi connectivity index (χ0n) is 10.9. The van der Waals surface area contributed by atoms with Crippen molar-refractivity contribution in [2.45, 2.75) is 19.8 Å². The third kappa shape index (κ3) is 3.11. The van der Waals surface area contributed by atoms with Gasteiger partial charge < -0.3 is 14.3 Å². The summed E-state index contributed by atoms with van der Waals surface area (Å²) in [5, 5.41) is 9.56. The topological polar surface area (TPSA) is 75.8 Å². The van der Waals surface area contributed by atoms with Crippen LogP contribution in [0.2, 0.25) is 0 Å². The fraction of sp³-hybridized carbons (Fsp3) is 0.417. The van der Waals surface area contributed by atoms with Gasteiger partial charge in [0.15, 0.2) is 10.5 Å². The van der Waals surface area contributed by atoms with Crippen LogP contribution in [0.1, 0.15) is 29.1 Å². The Morgan fingerprint density at radius 1 is 1.58 bits per heavy atom. The summed E-state index contributed by atoms with van der Waals surface area (Å²) in [5.41, 5.74) is 0. The Balaban J connectivity index is 1.87. The molecule has 2 heterocycles. The van der Waals surface area contributed by atoms with E-state index in [0.717, 1.165) is 18.0 Å². The van der Waals surface area contributed by atoms with Crippen LogP contribution in [-0.2, 0) is 19.9 Å². The third-order valence-electron chi connectivity index (χ3n) is 2.84. The number of hydrogen-bond acceptors (Lipinski definition) is 4. The molecular formula is C12H16N4O2S. The van der Waals surface area contributed by atoms with E-state index in [4.69, 9.17) is 16.6 Å². The Labute approximate surface area is 115 Å². The number of aromatic nitrogens is 3. The van der Waals surface area contributed by atoms with Gasteiger partial charge in [-0.15, -0.1) is 0 Å². The van der Waals surface area contributed by atoms with E-state index < -0.39 is 0 Å². The van der Waals surface area contributed by atoms with Crippen LogP contribution < -0.4 is 5.32 Å². The van der Waals surface area contributed by atoms with Gasteiger partial charge in [-0.05, 0) is 24.4 Å². The Bertz CT molecular complexity index is 626. The molecule has 1 amide bonds. The highest BCUT2D eigenvalue weighted by Crippen LogP contribution is 2.08. The molecule has 2 aromatic heterocycles. The second kappa shape index (κ2) is 5.83. The zero-order chi connectivity index (χ0) is 13.8. The lowest BCUT2D eigenvalue weighted by molar-refractivity contribution is 0.0924. The highest BCUT2D eigenvalue weighted by atomic mass is 32.1. The van der Waals surface area contributed by atoms with Crippen LogP contribution in [0.3, 0.4) is 0 Å². The molecule has 7 heteroatoms. The molecule has 19 heavy (non-hydrogen) atoms. The van der Waals surface area contributed by atoms with Crippen LogP contribution in [0.25, 0.3) is 0 Å². The summed E-state index contributed by atoms with van der Waals surface area (Å²) in [5.74, 6) is 1.74. The smallest absolute Gasteiger partial charge is 0.287 e. The first kappa shape index (κ1) is 13.5. The normalized spacial score (nSPS) is 10.6. The molecule has 6 nitrogen and oxygen atoms in total. The third-order valence-corrected chi connectivity index (χ3v) is 3.21. The van der Waals surface area contributed by atoms with Crippen molar-refractivity contribution in [1.82, 2.24) is 20.1 Å². The highest BCUT2D eigenvalue weighted by Gasteiger charge is 2.10. The zero-order valence-corrected chi connectivity index (χ0v) is 11.7. The lowest BCUT2D eigenvalue weighted by Crippen LogP contribution is -2.26. The molecule has 0 aliphatic carbocycles. The maximum absolute atomic E-state index is 11.8. The predicted octanol–water partition coefficient (Wildman–Crippen LogP) is 1.61. The van der Waals surface area contributed by atoms with Gasteiger partial charge in [-0.3, -0.25) is 9.89 Å². The molecule has 2 rings (SSSR count). The molecule has 0 aliphatic heterocycles. The first-order valence-corrected chi connectivity index (χ1v) is 6.49. The summed E-state index contributed by atoms with van der Waals surface area (Å²) >= 11 is 5.01. The minimum absolute atomic E-state index is 0.212. The van der Waals surface area contributed by atoms with Crippen LogP contribution in [0, 0.1) is 4.77 Å². The number of nitrogens with one attached hydrogen (secondary N) is 2. The maximum atomic E-state index is 11.8. The van der Waals surface area contributed by atoms with E-state index in [9.17, 15) is 4.79 Å². The van der Waals surface area contributed by atoms with Gasteiger partial charge in [0.25, 0.3) is 5.91 Å². The largest absolute Gasteiger partial charge is 0.456 e. The Morgan fingerprint density at radius 3 is 2.95 bits per heavy atom. The van der Waals surface area contributed by atoms with E-state index in [1.165, 1.54) is 0 Å². The first-order valence-electron chi connectivity index (χ1n) is 6.09. The molecule has 0 aliphatic rings. The molecule has 0 aromatic carbocycles. The number of furan rings is 1. The van der Waals surface area contributed by atoms with Crippen molar-refractivity contribution in [2.24, 2.45) is 7.05 Å². The Morgan fingerprint density at radius 2 is 2.37 bits per heavy atom. The van der Waals surface area contributed by atoms with Crippen LogP contribution in [0.4, 0.5) is 0 Å². The summed E-state index contributed by atoms with van der Waals surface area (Å²) in [6.07, 6.45) is 1.38. The molecule has 0 saturated carbocycles. The van der Waals surface area contributed by atoms with Crippen molar-refractivity contribution in [3.05, 3.63) is 34.2 Å². The Hall–Kier alpha value is -1.89. The minimum Gasteiger partial charge on any atom is -0.456 e. The summed E-state index contributed by atoms with van der Waals surface area (Å²) in [6, 6.07) is 3.50. The average Bonchev–Trinajstić information content (AvgIpc) is 3.00. The van der Waals surface area contributed by atoms with E-state index in [-0.39, 0.29) is 5.91 Å². The van der Waals surface area contributed by atoms with E-state index in [1.807, 2.05) is 20.0 Å². The number of amides is 1. The number of nitrogens with zero attached hydrogens (tertiary/aromatic N) is 2. The number of hydrogen-bond donors (Lipinski definition) is 2. The van der Waals surface area contributed by atoms with Crippen molar-refractivity contribution in [2.75, 3.05) is 6.54 Å². The summed E-state index contributed by atoms with van der Waals surface area (Å²) in [6.45, 7) is 2.46. The van der Waals surface area contributed by atoms with E-state index >= 15 is 0 Å². The van der Waals surface area contributed by atoms with Gasteiger partial charge in [0.2, 0.25) is 0 Å². The van der Waals surface area contributed by atoms with Gasteiger partial charge in [0.1, 0.15) is 11.6 Å². The molecule has 0 bridgehead atoms. The van der Waals surface area contributed by atoms with Crippen LogP contribution >= 0.6 is 12.2 Å². The number of rotatable bonds is 5. The van der Waals surface area contributed by atoms with Crippen molar-refractivity contribution in [1.29, 1.82) is 0 Å². The van der Waals surface area contributed by atoms with E-state index in [1.54, 1.807) is 10.6 Å². The Kier molecular flexibility index (Phi) is 4.16. The fourth-order valence-corrected chi connectivity index (χ4v) is 1.82. The predicted molar refractivity (Wildman–Crippen MR) is 72.5 cm³/mol. The average molecular weight is 280 g/mol. The molecule has 0 unspecified atom stereocenters. The number of aryl methyl sites for hydroxylation is 1. The number of carbonyl (C=O) groups excluding carboxylic acids is 1. The van der Waals surface area contributed by atoms with Crippen molar-refractivity contribution in [3.63, 3.8) is 0 Å². The van der Waals surface area contributed by atoms with Gasteiger partial charge in [0, 0.05) is 26.4 Å². The van der Waals surface area contributed by atoms with Crippen LogP contribution in [-0.4, -0.2) is 27.2 Å². The van der Waals surface area contributed by atoms with Crippen molar-refractivity contribution < 1.29 is 9.21 Å². The number of aromatic amines is 1. The van der Waals surface area contributed by atoms with E-state index in [0.29, 0.717) is 23.5 Å². The number of H-pyrrole nitrogens is 1. The second-order valence-electron chi connectivity index (χ2n) is 4.13. The van der Waals surface area contributed by atoms with Gasteiger partial charge in [-0.2, -0.15) is 5.10 Å². The second-order valence-corrected chi connectivity index (χ2v) is 4.52. The SMILES string of the molecule is CCc1ccc(C(=O)NCCc2n[nH]c(=S)n2C)o1. The molecule has 2 N–H and O–H groups in total. The molecule has 0 spiro atoms. The molecule has 0 fully saturated rings.